The van der Waals surface area contributed by atoms with Gasteiger partial charge in [0, 0.05) is 38.1 Å². The highest BCUT2D eigenvalue weighted by atomic mass is 32.2. The Labute approximate surface area is 229 Å². The van der Waals surface area contributed by atoms with Gasteiger partial charge in [-0.05, 0) is 48.9 Å². The second-order valence-electron chi connectivity index (χ2n) is 9.25. The molecule has 8 nitrogen and oxygen atoms in total. The van der Waals surface area contributed by atoms with Crippen LogP contribution in [-0.4, -0.2) is 50.7 Å². The number of hydrogen-bond donors (Lipinski definition) is 0. The van der Waals surface area contributed by atoms with Gasteiger partial charge < -0.3 is 14.2 Å². The van der Waals surface area contributed by atoms with Gasteiger partial charge in [0.05, 0.1) is 23.3 Å². The van der Waals surface area contributed by atoms with Crippen molar-refractivity contribution in [3.63, 3.8) is 0 Å². The Morgan fingerprint density at radius 3 is 2.50 bits per heavy atom. The van der Waals surface area contributed by atoms with Crippen LogP contribution in [0.4, 0.5) is 11.5 Å². The number of thioether (sulfide) groups is 1. The lowest BCUT2D eigenvalue weighted by Gasteiger charge is -2.37. The van der Waals surface area contributed by atoms with E-state index < -0.39 is 0 Å². The molecule has 0 radical (unpaired) electrons. The third-order valence-electron chi connectivity index (χ3n) is 6.73. The molecule has 192 valence electrons. The van der Waals surface area contributed by atoms with Crippen LogP contribution in [-0.2, 0) is 11.3 Å². The first-order chi connectivity index (χ1) is 18.5. The van der Waals surface area contributed by atoms with Crippen molar-refractivity contribution < 1.29 is 9.21 Å². The van der Waals surface area contributed by atoms with Crippen molar-refractivity contribution in [1.29, 1.82) is 0 Å². The molecule has 2 aliphatic heterocycles. The molecule has 2 aliphatic rings. The fourth-order valence-corrected chi connectivity index (χ4v) is 5.99. The van der Waals surface area contributed by atoms with Crippen LogP contribution in [0.15, 0.2) is 81.2 Å². The summed E-state index contributed by atoms with van der Waals surface area (Å²) in [6, 6.07) is 17.7. The minimum absolute atomic E-state index is 0.213. The summed E-state index contributed by atoms with van der Waals surface area (Å²) in [5.74, 6) is 0.982. The number of rotatable bonds is 5. The molecule has 0 N–H and O–H groups in total. The molecule has 0 atom stereocenters. The number of anilines is 2. The highest BCUT2D eigenvalue weighted by Crippen LogP contribution is 2.34. The van der Waals surface area contributed by atoms with Crippen LogP contribution in [0.1, 0.15) is 16.9 Å². The Kier molecular flexibility index (Phi) is 6.50. The average Bonchev–Trinajstić information content (AvgIpc) is 3.55. The van der Waals surface area contributed by atoms with E-state index in [1.165, 1.54) is 22.3 Å². The first kappa shape index (κ1) is 24.4. The van der Waals surface area contributed by atoms with Gasteiger partial charge in [-0.3, -0.25) is 18.9 Å². The molecule has 0 spiro atoms. The number of fused-ring (bicyclic) bond motifs is 1. The summed E-state index contributed by atoms with van der Waals surface area (Å²) in [5, 5.41) is 0. The minimum Gasteiger partial charge on any atom is -0.467 e. The van der Waals surface area contributed by atoms with Gasteiger partial charge in [0.1, 0.15) is 21.5 Å². The van der Waals surface area contributed by atoms with E-state index in [9.17, 15) is 9.59 Å². The number of nitrogens with zero attached hydrogens (tertiary/aromatic N) is 5. The smallest absolute Gasteiger partial charge is 0.267 e. The zero-order valence-corrected chi connectivity index (χ0v) is 22.4. The Bertz CT molecular complexity index is 1610. The quantitative estimate of drug-likeness (QED) is 0.272. The number of aryl methyl sites for hydroxylation is 1. The summed E-state index contributed by atoms with van der Waals surface area (Å²) in [5.41, 5.74) is 2.87. The van der Waals surface area contributed by atoms with Crippen LogP contribution in [0.2, 0.25) is 0 Å². The number of carbonyl (C=O) groups excluding carboxylic acids is 1. The summed E-state index contributed by atoms with van der Waals surface area (Å²) in [6.07, 6.45) is 5.00. The van der Waals surface area contributed by atoms with Gasteiger partial charge in [0.25, 0.3) is 11.5 Å². The van der Waals surface area contributed by atoms with Crippen LogP contribution in [0.5, 0.6) is 0 Å². The normalized spacial score (nSPS) is 17.3. The number of piperazine rings is 1. The Balaban J connectivity index is 1.37. The third-order valence-corrected chi connectivity index (χ3v) is 8.11. The van der Waals surface area contributed by atoms with Crippen molar-refractivity contribution in [2.24, 2.45) is 0 Å². The van der Waals surface area contributed by atoms with Gasteiger partial charge in [-0.2, -0.15) is 0 Å². The number of hydrogen-bond acceptors (Lipinski definition) is 8. The van der Waals surface area contributed by atoms with E-state index in [4.69, 9.17) is 21.6 Å². The number of para-hydroxylation sites is 1. The molecule has 2 saturated heterocycles. The molecular formula is C28H25N5O3S2. The molecule has 0 bridgehead atoms. The predicted octanol–water partition coefficient (Wildman–Crippen LogP) is 4.32. The zero-order valence-electron chi connectivity index (χ0n) is 20.7. The Morgan fingerprint density at radius 2 is 1.76 bits per heavy atom. The second kappa shape index (κ2) is 10.1. The van der Waals surface area contributed by atoms with Gasteiger partial charge in [-0.25, -0.2) is 4.98 Å². The summed E-state index contributed by atoms with van der Waals surface area (Å²) in [4.78, 5) is 38.4. The van der Waals surface area contributed by atoms with Crippen LogP contribution in [0, 0.1) is 6.92 Å². The van der Waals surface area contributed by atoms with E-state index in [1.807, 2.05) is 37.3 Å². The molecule has 10 heteroatoms. The maximum atomic E-state index is 13.8. The van der Waals surface area contributed by atoms with Crippen LogP contribution in [0.3, 0.4) is 0 Å². The molecule has 6 rings (SSSR count). The maximum Gasteiger partial charge on any atom is 0.267 e. The van der Waals surface area contributed by atoms with Gasteiger partial charge in [0.2, 0.25) is 0 Å². The first-order valence-electron chi connectivity index (χ1n) is 12.3. The molecule has 4 aromatic rings. The highest BCUT2D eigenvalue weighted by molar-refractivity contribution is 8.26. The topological polar surface area (TPSA) is 74.3 Å². The monoisotopic (exact) mass is 543 g/mol. The van der Waals surface area contributed by atoms with Gasteiger partial charge in [-0.1, -0.05) is 48.2 Å². The van der Waals surface area contributed by atoms with Crippen molar-refractivity contribution in [2.45, 2.75) is 13.5 Å². The Hall–Kier alpha value is -3.89. The maximum absolute atomic E-state index is 13.8. The largest absolute Gasteiger partial charge is 0.467 e. The summed E-state index contributed by atoms with van der Waals surface area (Å²) in [6.45, 7) is 5.17. The van der Waals surface area contributed by atoms with Crippen molar-refractivity contribution in [3.05, 3.63) is 99.2 Å². The number of pyridine rings is 1. The lowest BCUT2D eigenvalue weighted by Crippen LogP contribution is -2.47. The molecule has 1 amide bonds. The molecule has 2 fully saturated rings. The molecule has 3 aromatic heterocycles. The van der Waals surface area contributed by atoms with Crippen molar-refractivity contribution >= 4 is 57.4 Å². The van der Waals surface area contributed by atoms with E-state index in [0.29, 0.717) is 45.1 Å². The summed E-state index contributed by atoms with van der Waals surface area (Å²) in [7, 11) is 0. The Morgan fingerprint density at radius 1 is 1.00 bits per heavy atom. The van der Waals surface area contributed by atoms with Gasteiger partial charge in [0.15, 0.2) is 0 Å². The van der Waals surface area contributed by atoms with Gasteiger partial charge >= 0.3 is 0 Å². The van der Waals surface area contributed by atoms with Crippen molar-refractivity contribution in [1.82, 2.24) is 14.3 Å². The van der Waals surface area contributed by atoms with Crippen LogP contribution >= 0.6 is 24.0 Å². The number of carbonyl (C=O) groups is 1. The second-order valence-corrected chi connectivity index (χ2v) is 10.9. The minimum atomic E-state index is -0.245. The van der Waals surface area contributed by atoms with Crippen molar-refractivity contribution in [2.75, 3.05) is 36.0 Å². The standard InChI is InChI=1S/C28H25N5O3S2/c1-19-9-10-24-29-25(31-13-11-30(12-14-31)20-6-3-2-4-7-20)22(26(34)32(24)17-19)16-23-27(35)33(28(37)38-23)18-21-8-5-15-36-21/h2-10,15-17H,11-14,18H2,1H3/b23-16-. The molecular weight excluding hydrogens is 518 g/mol. The SMILES string of the molecule is Cc1ccc2nc(N3CCN(c4ccccc4)CC3)c(/C=C3\SC(=S)N(Cc4ccco4)C3=O)c(=O)n2c1. The molecule has 5 heterocycles. The first-order valence-corrected chi connectivity index (χ1v) is 13.6. The number of thiocarbonyl (C=S) groups is 1. The average molecular weight is 544 g/mol. The molecule has 0 aliphatic carbocycles. The van der Waals surface area contributed by atoms with E-state index >= 15 is 0 Å². The molecule has 0 saturated carbocycles. The number of amides is 1. The lowest BCUT2D eigenvalue weighted by atomic mass is 10.2. The molecule has 0 unspecified atom stereocenters. The number of furan rings is 1. The fourth-order valence-electron chi connectivity index (χ4n) is 4.76. The molecule has 1 aromatic carbocycles. The summed E-state index contributed by atoms with van der Waals surface area (Å²) >= 11 is 6.69. The van der Waals surface area contributed by atoms with E-state index in [0.717, 1.165) is 18.7 Å². The van der Waals surface area contributed by atoms with Gasteiger partial charge in [-0.15, -0.1) is 0 Å². The lowest BCUT2D eigenvalue weighted by molar-refractivity contribution is -0.122. The van der Waals surface area contributed by atoms with E-state index in [-0.39, 0.29) is 18.0 Å². The van der Waals surface area contributed by atoms with E-state index in [1.54, 1.807) is 35.1 Å². The number of aromatic nitrogens is 2. The van der Waals surface area contributed by atoms with Crippen molar-refractivity contribution in [3.8, 4) is 0 Å². The third kappa shape index (κ3) is 4.61. The number of benzene rings is 1. The zero-order chi connectivity index (χ0) is 26.2. The fraction of sp³-hybridized carbons (Fsp3) is 0.214. The highest BCUT2D eigenvalue weighted by Gasteiger charge is 2.34. The van der Waals surface area contributed by atoms with E-state index in [2.05, 4.69) is 21.9 Å². The van der Waals surface area contributed by atoms with Crippen LogP contribution < -0.4 is 15.4 Å². The van der Waals surface area contributed by atoms with Crippen LogP contribution in [0.25, 0.3) is 11.7 Å². The summed E-state index contributed by atoms with van der Waals surface area (Å²) < 4.78 is 7.39. The molecule has 38 heavy (non-hydrogen) atoms. The predicted molar refractivity (Wildman–Crippen MR) is 154 cm³/mol.